The van der Waals surface area contributed by atoms with E-state index in [0.29, 0.717) is 66.1 Å². The summed E-state index contributed by atoms with van der Waals surface area (Å²) in [7, 11) is 1.91. The zero-order chi connectivity index (χ0) is 25.3. The quantitative estimate of drug-likeness (QED) is 0.218. The number of halogens is 1. The van der Waals surface area contributed by atoms with Gasteiger partial charge in [0.25, 0.3) is 0 Å². The molecule has 0 saturated carbocycles. The SMILES string of the molecule is CNc1ccc(-c2nc3ccc(OCCOCCOCCOCCOCCOCCF)cc3s2)cc1. The van der Waals surface area contributed by atoms with E-state index in [1.165, 1.54) is 0 Å². The van der Waals surface area contributed by atoms with E-state index in [0.717, 1.165) is 32.2 Å². The zero-order valence-electron chi connectivity index (χ0n) is 20.7. The molecule has 0 atom stereocenters. The van der Waals surface area contributed by atoms with Crippen LogP contribution in [-0.4, -0.2) is 91.4 Å². The van der Waals surface area contributed by atoms with Crippen LogP contribution in [0.3, 0.4) is 0 Å². The van der Waals surface area contributed by atoms with Gasteiger partial charge in [-0.3, -0.25) is 0 Å². The maximum atomic E-state index is 11.8. The summed E-state index contributed by atoms with van der Waals surface area (Å²) in [6.45, 7) is 4.37. The van der Waals surface area contributed by atoms with Crippen LogP contribution < -0.4 is 10.1 Å². The average molecular weight is 523 g/mol. The summed E-state index contributed by atoms with van der Waals surface area (Å²) in [5, 5.41) is 4.12. The van der Waals surface area contributed by atoms with Crippen molar-refractivity contribution in [2.24, 2.45) is 0 Å². The van der Waals surface area contributed by atoms with Crippen molar-refractivity contribution >= 4 is 27.2 Å². The minimum Gasteiger partial charge on any atom is -0.491 e. The first-order chi connectivity index (χ1) is 17.8. The highest BCUT2D eigenvalue weighted by molar-refractivity contribution is 7.21. The predicted molar refractivity (Wildman–Crippen MR) is 140 cm³/mol. The van der Waals surface area contributed by atoms with E-state index in [9.17, 15) is 4.39 Å². The fourth-order valence-electron chi connectivity index (χ4n) is 3.15. The van der Waals surface area contributed by atoms with Gasteiger partial charge in [-0.15, -0.1) is 11.3 Å². The van der Waals surface area contributed by atoms with Gasteiger partial charge in [0, 0.05) is 18.3 Å². The Labute approximate surface area is 215 Å². The molecular formula is C26H35FN2O6S. The van der Waals surface area contributed by atoms with Crippen molar-refractivity contribution in [3.8, 4) is 16.3 Å². The molecule has 0 fully saturated rings. The summed E-state index contributed by atoms with van der Waals surface area (Å²) < 4.78 is 45.4. The van der Waals surface area contributed by atoms with Gasteiger partial charge >= 0.3 is 0 Å². The molecule has 3 aromatic rings. The van der Waals surface area contributed by atoms with Crippen molar-refractivity contribution in [1.29, 1.82) is 0 Å². The molecule has 0 aliphatic rings. The Morgan fingerprint density at radius 1 is 0.722 bits per heavy atom. The standard InChI is InChI=1S/C26H35FN2O6S/c1-28-22-4-2-21(3-5-22)26-29-24-7-6-23(20-25(24)36-26)35-19-18-34-17-16-33-15-14-32-13-12-31-11-10-30-9-8-27/h2-7,20,28H,8-19H2,1H3. The van der Waals surface area contributed by atoms with E-state index >= 15 is 0 Å². The Balaban J connectivity index is 1.19. The van der Waals surface area contributed by atoms with Crippen molar-refractivity contribution in [1.82, 2.24) is 4.98 Å². The third-order valence-corrected chi connectivity index (χ3v) is 6.05. The molecular weight excluding hydrogens is 487 g/mol. The minimum atomic E-state index is -0.471. The molecule has 0 amide bonds. The Hall–Kier alpha value is -2.34. The van der Waals surface area contributed by atoms with Gasteiger partial charge in [0.05, 0.1) is 76.3 Å². The molecule has 3 rings (SSSR count). The summed E-state index contributed by atoms with van der Waals surface area (Å²) in [6, 6.07) is 14.2. The molecule has 2 aromatic carbocycles. The molecule has 1 N–H and O–H groups in total. The third kappa shape index (κ3) is 10.3. The number of rotatable bonds is 20. The van der Waals surface area contributed by atoms with Crippen LogP contribution in [-0.2, 0) is 23.7 Å². The monoisotopic (exact) mass is 522 g/mol. The predicted octanol–water partition coefficient (Wildman–Crippen LogP) is 4.44. The molecule has 0 aliphatic heterocycles. The first-order valence-electron chi connectivity index (χ1n) is 12.1. The Kier molecular flexibility index (Phi) is 13.5. The van der Waals surface area contributed by atoms with Gasteiger partial charge in [-0.25, -0.2) is 9.37 Å². The second-order valence-electron chi connectivity index (χ2n) is 7.58. The summed E-state index contributed by atoms with van der Waals surface area (Å²) in [5.41, 5.74) is 3.14. The number of nitrogens with one attached hydrogen (secondary N) is 1. The molecule has 1 heterocycles. The molecule has 1 aromatic heterocycles. The molecule has 8 nitrogen and oxygen atoms in total. The summed E-state index contributed by atoms with van der Waals surface area (Å²) in [6.07, 6.45) is 0. The molecule has 0 saturated heterocycles. The van der Waals surface area contributed by atoms with Crippen molar-refractivity contribution in [3.63, 3.8) is 0 Å². The number of nitrogens with zero attached hydrogens (tertiary/aromatic N) is 1. The third-order valence-electron chi connectivity index (χ3n) is 4.99. The first-order valence-corrected chi connectivity index (χ1v) is 12.9. The minimum absolute atomic E-state index is 0.117. The normalized spacial score (nSPS) is 11.3. The van der Waals surface area contributed by atoms with E-state index in [2.05, 4.69) is 17.4 Å². The van der Waals surface area contributed by atoms with E-state index in [1.54, 1.807) is 11.3 Å². The van der Waals surface area contributed by atoms with Crippen molar-refractivity contribution in [2.75, 3.05) is 91.7 Å². The lowest BCUT2D eigenvalue weighted by Gasteiger charge is -2.08. The number of benzene rings is 2. The Bertz CT molecular complexity index is 988. The number of fused-ring (bicyclic) bond motifs is 1. The van der Waals surface area contributed by atoms with Crippen LogP contribution in [0.5, 0.6) is 5.75 Å². The number of hydrogen-bond donors (Lipinski definition) is 1. The molecule has 10 heteroatoms. The number of ether oxygens (including phenoxy) is 6. The topological polar surface area (TPSA) is 80.3 Å². The van der Waals surface area contributed by atoms with E-state index < -0.39 is 6.67 Å². The first kappa shape index (κ1) is 28.2. The molecule has 0 bridgehead atoms. The highest BCUT2D eigenvalue weighted by atomic mass is 32.1. The second kappa shape index (κ2) is 17.2. The van der Waals surface area contributed by atoms with Crippen LogP contribution >= 0.6 is 11.3 Å². The van der Waals surface area contributed by atoms with E-state index in [-0.39, 0.29) is 6.61 Å². The molecule has 36 heavy (non-hydrogen) atoms. The number of hydrogen-bond acceptors (Lipinski definition) is 9. The smallest absolute Gasteiger partial charge is 0.124 e. The van der Waals surface area contributed by atoms with E-state index in [1.807, 2.05) is 37.4 Å². The number of anilines is 1. The van der Waals surface area contributed by atoms with Gasteiger partial charge in [0.1, 0.15) is 24.0 Å². The van der Waals surface area contributed by atoms with Crippen molar-refractivity contribution in [3.05, 3.63) is 42.5 Å². The lowest BCUT2D eigenvalue weighted by atomic mass is 10.2. The Morgan fingerprint density at radius 3 is 1.83 bits per heavy atom. The largest absolute Gasteiger partial charge is 0.491 e. The molecule has 0 spiro atoms. The van der Waals surface area contributed by atoms with Crippen LogP contribution in [0.2, 0.25) is 0 Å². The lowest BCUT2D eigenvalue weighted by molar-refractivity contribution is -0.0133. The molecule has 0 unspecified atom stereocenters. The number of aromatic nitrogens is 1. The lowest BCUT2D eigenvalue weighted by Crippen LogP contribution is -2.14. The maximum absolute atomic E-state index is 11.8. The summed E-state index contributed by atoms with van der Waals surface area (Å²) >= 11 is 1.65. The zero-order valence-corrected chi connectivity index (χ0v) is 21.5. The molecule has 0 aliphatic carbocycles. The highest BCUT2D eigenvalue weighted by Gasteiger charge is 2.08. The van der Waals surface area contributed by atoms with Gasteiger partial charge in [-0.2, -0.15) is 0 Å². The number of thiazole rings is 1. The van der Waals surface area contributed by atoms with Crippen molar-refractivity contribution < 1.29 is 32.8 Å². The van der Waals surface area contributed by atoms with E-state index in [4.69, 9.17) is 33.4 Å². The Morgan fingerprint density at radius 2 is 1.28 bits per heavy atom. The summed E-state index contributed by atoms with van der Waals surface area (Å²) in [4.78, 5) is 4.74. The highest BCUT2D eigenvalue weighted by Crippen LogP contribution is 2.32. The fourth-order valence-corrected chi connectivity index (χ4v) is 4.15. The van der Waals surface area contributed by atoms with Gasteiger partial charge in [-0.1, -0.05) is 0 Å². The maximum Gasteiger partial charge on any atom is 0.124 e. The van der Waals surface area contributed by atoms with Crippen LogP contribution in [0.25, 0.3) is 20.8 Å². The fraction of sp³-hybridized carbons (Fsp3) is 0.500. The molecule has 0 radical (unpaired) electrons. The average Bonchev–Trinajstić information content (AvgIpc) is 3.34. The molecule has 198 valence electrons. The van der Waals surface area contributed by atoms with Gasteiger partial charge in [0.2, 0.25) is 0 Å². The number of alkyl halides is 1. The van der Waals surface area contributed by atoms with Crippen LogP contribution in [0.4, 0.5) is 10.1 Å². The van der Waals surface area contributed by atoms with Gasteiger partial charge in [0.15, 0.2) is 0 Å². The summed E-state index contributed by atoms with van der Waals surface area (Å²) in [5.74, 6) is 0.802. The van der Waals surface area contributed by atoms with Gasteiger partial charge in [-0.05, 0) is 42.5 Å². The van der Waals surface area contributed by atoms with Crippen LogP contribution in [0, 0.1) is 0 Å². The van der Waals surface area contributed by atoms with Crippen molar-refractivity contribution in [2.45, 2.75) is 0 Å². The van der Waals surface area contributed by atoms with Gasteiger partial charge < -0.3 is 33.7 Å². The van der Waals surface area contributed by atoms with Crippen LogP contribution in [0.15, 0.2) is 42.5 Å². The van der Waals surface area contributed by atoms with Crippen LogP contribution in [0.1, 0.15) is 0 Å². The second-order valence-corrected chi connectivity index (χ2v) is 8.61.